The van der Waals surface area contributed by atoms with Crippen molar-refractivity contribution in [1.29, 1.82) is 0 Å². The normalized spacial score (nSPS) is 12.4. The van der Waals surface area contributed by atoms with Crippen LogP contribution in [-0.2, 0) is 5.41 Å². The van der Waals surface area contributed by atoms with Crippen molar-refractivity contribution in [3.63, 3.8) is 0 Å². The Labute approximate surface area is 281 Å². The van der Waals surface area contributed by atoms with Crippen molar-refractivity contribution in [3.05, 3.63) is 157 Å². The van der Waals surface area contributed by atoms with E-state index in [1.54, 1.807) is 0 Å². The topological polar surface area (TPSA) is 0 Å². The largest absolute Gasteiger partial charge is 0.135 e. The molecule has 0 N–H and O–H groups in total. The Balaban J connectivity index is 1.27. The smallest absolute Gasteiger partial charge is 0.0623 e. The summed E-state index contributed by atoms with van der Waals surface area (Å²) < 4.78 is 10.7. The summed E-state index contributed by atoms with van der Waals surface area (Å²) in [6.07, 6.45) is 0. The molecule has 8 aromatic carbocycles. The van der Waals surface area contributed by atoms with E-state index in [4.69, 9.17) is 1.37 Å². The van der Waals surface area contributed by atoms with Crippen molar-refractivity contribution in [1.82, 2.24) is 0 Å². The van der Waals surface area contributed by atoms with E-state index < -0.39 is 0 Å². The summed E-state index contributed by atoms with van der Waals surface area (Å²) in [6.45, 7) is 6.93. The van der Waals surface area contributed by atoms with Crippen LogP contribution in [0.2, 0.25) is 0 Å². The van der Waals surface area contributed by atoms with Gasteiger partial charge in [-0.15, -0.1) is 11.3 Å². The lowest BCUT2D eigenvalue weighted by Crippen LogP contribution is -2.10. The molecule has 0 aliphatic rings. The van der Waals surface area contributed by atoms with Crippen molar-refractivity contribution < 1.29 is 1.37 Å². The van der Waals surface area contributed by atoms with E-state index in [-0.39, 0.29) is 5.41 Å². The quantitative estimate of drug-likeness (QED) is 0.173. The second kappa shape index (κ2) is 10.7. The van der Waals surface area contributed by atoms with E-state index in [0.29, 0.717) is 6.04 Å². The molecule has 0 amide bonds. The number of hydrogen-bond donors (Lipinski definition) is 0. The van der Waals surface area contributed by atoms with Crippen LogP contribution < -0.4 is 0 Å². The van der Waals surface area contributed by atoms with Crippen LogP contribution in [0.5, 0.6) is 0 Å². The van der Waals surface area contributed by atoms with E-state index in [0.717, 1.165) is 10.8 Å². The summed E-state index contributed by atoms with van der Waals surface area (Å²) in [7, 11) is 0. The second-order valence-electron chi connectivity index (χ2n) is 13.7. The summed E-state index contributed by atoms with van der Waals surface area (Å²) >= 11 is 1.92. The fraction of sp³-hybridized carbons (Fsp3) is 0.0870. The predicted molar refractivity (Wildman–Crippen MR) is 207 cm³/mol. The summed E-state index contributed by atoms with van der Waals surface area (Å²) in [5, 5.41) is 9.98. The summed E-state index contributed by atoms with van der Waals surface area (Å²) in [6, 6.07) is 53.6. The van der Waals surface area contributed by atoms with Gasteiger partial charge in [0.25, 0.3) is 0 Å². The van der Waals surface area contributed by atoms with Gasteiger partial charge in [0.1, 0.15) is 0 Å². The van der Waals surface area contributed by atoms with Crippen LogP contribution in [0.25, 0.3) is 85.9 Å². The fourth-order valence-corrected chi connectivity index (χ4v) is 8.86. The third kappa shape index (κ3) is 4.57. The number of benzene rings is 8. The first-order valence-electron chi connectivity index (χ1n) is 16.8. The van der Waals surface area contributed by atoms with Gasteiger partial charge in [0.05, 0.1) is 1.37 Å². The van der Waals surface area contributed by atoms with Gasteiger partial charge in [-0.3, -0.25) is 0 Å². The number of fused-ring (bicyclic) bond motifs is 6. The number of hydrogen-bond acceptors (Lipinski definition) is 1. The van der Waals surface area contributed by atoms with Gasteiger partial charge in [0.2, 0.25) is 0 Å². The van der Waals surface area contributed by atoms with Crippen LogP contribution in [0, 0.1) is 0 Å². The Bertz CT molecular complexity index is 2670. The zero-order chi connectivity index (χ0) is 32.6. The molecule has 0 bridgehead atoms. The molecule has 9 aromatic rings. The maximum atomic E-state index is 8.01. The molecule has 0 spiro atoms. The minimum atomic E-state index is 0.0866. The average molecular weight is 620 g/mol. The van der Waals surface area contributed by atoms with E-state index in [2.05, 4.69) is 148 Å². The van der Waals surface area contributed by atoms with Crippen LogP contribution in [0.3, 0.4) is 0 Å². The molecule has 0 aliphatic heterocycles. The standard InChI is InChI=1S/C46H34S/c1-46(2,3)41-21-11-20-39-40-28-34(24-25-42(40)47-45(39)41)44-37-18-8-6-16-35(37)43(36-17-7-9-19-38(36)44)33-15-10-14-31(27-33)32-23-22-29-12-4-5-13-30(29)26-32/h4-28H,1-3H3/i4D. The molecule has 0 atom stereocenters. The SMILES string of the molecule is [2H]c1ccc2cc(-c3cccc(-c4c5ccccc5c(-c5ccc6sc7c(C(C)(C)C)cccc7c6c5)c5ccccc45)c3)ccc2c1. The van der Waals surface area contributed by atoms with Crippen LogP contribution in [0.15, 0.2) is 152 Å². The molecule has 0 radical (unpaired) electrons. The zero-order valence-corrected chi connectivity index (χ0v) is 27.6. The molecule has 0 unspecified atom stereocenters. The summed E-state index contributed by atoms with van der Waals surface area (Å²) in [4.78, 5) is 0. The number of thiophene rings is 1. The molecule has 1 heterocycles. The van der Waals surface area contributed by atoms with Crippen molar-refractivity contribution in [2.45, 2.75) is 26.2 Å². The van der Waals surface area contributed by atoms with Gasteiger partial charge in [-0.2, -0.15) is 0 Å². The molecule has 1 heteroatoms. The van der Waals surface area contributed by atoms with Crippen LogP contribution in [0.1, 0.15) is 27.7 Å². The van der Waals surface area contributed by atoms with Gasteiger partial charge < -0.3 is 0 Å². The Morgan fingerprint density at radius 3 is 1.74 bits per heavy atom. The molecule has 224 valence electrons. The molecular weight excluding hydrogens is 585 g/mol. The van der Waals surface area contributed by atoms with Gasteiger partial charge in [0.15, 0.2) is 0 Å². The molecular formula is C46H34S. The van der Waals surface area contributed by atoms with Crippen molar-refractivity contribution in [3.8, 4) is 33.4 Å². The maximum Gasteiger partial charge on any atom is 0.0623 e. The first kappa shape index (κ1) is 26.9. The van der Waals surface area contributed by atoms with Gasteiger partial charge in [0, 0.05) is 20.2 Å². The van der Waals surface area contributed by atoms with Gasteiger partial charge in [-0.05, 0) is 101 Å². The average Bonchev–Trinajstić information content (AvgIpc) is 3.48. The lowest BCUT2D eigenvalue weighted by atomic mass is 9.85. The Morgan fingerprint density at radius 1 is 0.447 bits per heavy atom. The monoisotopic (exact) mass is 619 g/mol. The van der Waals surface area contributed by atoms with E-state index in [1.165, 1.54) is 80.7 Å². The van der Waals surface area contributed by atoms with Gasteiger partial charge in [-0.25, -0.2) is 0 Å². The Morgan fingerprint density at radius 2 is 1.04 bits per heavy atom. The highest BCUT2D eigenvalue weighted by Crippen LogP contribution is 2.46. The molecule has 0 saturated heterocycles. The molecule has 0 nitrogen and oxygen atoms in total. The number of rotatable bonds is 3. The minimum Gasteiger partial charge on any atom is -0.135 e. The molecule has 0 saturated carbocycles. The van der Waals surface area contributed by atoms with Gasteiger partial charge >= 0.3 is 0 Å². The molecule has 47 heavy (non-hydrogen) atoms. The van der Waals surface area contributed by atoms with Crippen LogP contribution in [0.4, 0.5) is 0 Å². The first-order chi connectivity index (χ1) is 23.3. The summed E-state index contributed by atoms with van der Waals surface area (Å²) in [5.41, 5.74) is 8.88. The molecule has 1 aromatic heterocycles. The second-order valence-corrected chi connectivity index (χ2v) is 14.7. The summed E-state index contributed by atoms with van der Waals surface area (Å²) in [5.74, 6) is 0. The zero-order valence-electron chi connectivity index (χ0n) is 27.8. The highest BCUT2D eigenvalue weighted by atomic mass is 32.1. The molecule has 0 fully saturated rings. The molecule has 9 rings (SSSR count). The maximum absolute atomic E-state index is 8.01. The minimum absolute atomic E-state index is 0.0866. The van der Waals surface area contributed by atoms with Gasteiger partial charge in [-0.1, -0.05) is 148 Å². The fourth-order valence-electron chi connectivity index (χ4n) is 7.46. The lowest BCUT2D eigenvalue weighted by molar-refractivity contribution is 0.597. The molecule has 0 aliphatic carbocycles. The van der Waals surface area contributed by atoms with Crippen LogP contribution in [-0.4, -0.2) is 0 Å². The lowest BCUT2D eigenvalue weighted by Gasteiger charge is -2.19. The predicted octanol–water partition coefficient (Wildman–Crippen LogP) is 13.8. The highest BCUT2D eigenvalue weighted by molar-refractivity contribution is 7.26. The van der Waals surface area contributed by atoms with Crippen molar-refractivity contribution in [2.75, 3.05) is 0 Å². The van der Waals surface area contributed by atoms with E-state index in [9.17, 15) is 0 Å². The van der Waals surface area contributed by atoms with Crippen molar-refractivity contribution >= 4 is 63.8 Å². The Kier molecular flexibility index (Phi) is 6.11. The first-order valence-corrected chi connectivity index (χ1v) is 17.2. The third-order valence-electron chi connectivity index (χ3n) is 9.69. The Hall–Kier alpha value is -5.24. The van der Waals surface area contributed by atoms with E-state index >= 15 is 0 Å². The van der Waals surface area contributed by atoms with E-state index in [1.807, 2.05) is 29.5 Å². The third-order valence-corrected chi connectivity index (χ3v) is 10.9. The van der Waals surface area contributed by atoms with Crippen molar-refractivity contribution in [2.24, 2.45) is 0 Å². The highest BCUT2D eigenvalue weighted by Gasteiger charge is 2.21. The van der Waals surface area contributed by atoms with Crippen LogP contribution >= 0.6 is 11.3 Å².